The van der Waals surface area contributed by atoms with Crippen molar-refractivity contribution in [2.75, 3.05) is 6.54 Å². The van der Waals surface area contributed by atoms with Gasteiger partial charge in [0.25, 0.3) is 0 Å². The Hall–Kier alpha value is -2.37. The summed E-state index contributed by atoms with van der Waals surface area (Å²) in [4.78, 5) is 35.4. The normalized spacial score (nSPS) is 20.0. The molecule has 6 heteroatoms. The fourth-order valence-corrected chi connectivity index (χ4v) is 3.31. The molecule has 142 valence electrons. The second-order valence-electron chi connectivity index (χ2n) is 7.02. The van der Waals surface area contributed by atoms with Crippen molar-refractivity contribution in [3.8, 4) is 0 Å². The van der Waals surface area contributed by atoms with Crippen molar-refractivity contribution in [3.05, 3.63) is 35.4 Å². The maximum Gasteiger partial charge on any atom is 0.308 e. The molecule has 6 nitrogen and oxygen atoms in total. The highest BCUT2D eigenvalue weighted by Gasteiger charge is 2.30. The van der Waals surface area contributed by atoms with Crippen LogP contribution in [0.25, 0.3) is 0 Å². The summed E-state index contributed by atoms with van der Waals surface area (Å²) in [7, 11) is 0. The number of carboxylic acids is 1. The summed E-state index contributed by atoms with van der Waals surface area (Å²) in [5.41, 5.74) is 2.26. The summed E-state index contributed by atoms with van der Waals surface area (Å²) in [5, 5.41) is 14.7. The van der Waals surface area contributed by atoms with Crippen LogP contribution in [0.4, 0.5) is 0 Å². The molecule has 1 fully saturated rings. The van der Waals surface area contributed by atoms with Gasteiger partial charge >= 0.3 is 5.97 Å². The molecule has 2 amide bonds. The summed E-state index contributed by atoms with van der Waals surface area (Å²) < 4.78 is 0. The number of hydrogen-bond acceptors (Lipinski definition) is 3. The molecule has 0 radical (unpaired) electrons. The number of benzene rings is 1. The Kier molecular flexibility index (Phi) is 7.63. The standard InChI is InChI=1S/C20H28N2O4/c1-14-7-9-15(10-8-14)11-12-18(23)21-13-19(24)22-17-6-4-2-3-5-16(17)20(25)26/h7-10,16-17H,2-6,11-13H2,1H3,(H,21,23)(H,22,24)(H,25,26)/t16-,17+/m1/s1. The summed E-state index contributed by atoms with van der Waals surface area (Å²) in [6.07, 6.45) is 4.98. The smallest absolute Gasteiger partial charge is 0.308 e. The Morgan fingerprint density at radius 3 is 2.42 bits per heavy atom. The molecule has 1 aromatic rings. The minimum absolute atomic E-state index is 0.116. The Labute approximate surface area is 154 Å². The second kappa shape index (κ2) is 9.94. The molecule has 0 aliphatic heterocycles. The molecule has 0 aromatic heterocycles. The zero-order chi connectivity index (χ0) is 18.9. The Morgan fingerprint density at radius 1 is 1.04 bits per heavy atom. The lowest BCUT2D eigenvalue weighted by Crippen LogP contribution is -2.46. The van der Waals surface area contributed by atoms with Crippen molar-refractivity contribution in [1.29, 1.82) is 0 Å². The summed E-state index contributed by atoms with van der Waals surface area (Å²) >= 11 is 0. The predicted molar refractivity (Wildman–Crippen MR) is 98.7 cm³/mol. The van der Waals surface area contributed by atoms with Gasteiger partial charge in [0.1, 0.15) is 0 Å². The van der Waals surface area contributed by atoms with Gasteiger partial charge < -0.3 is 15.7 Å². The molecule has 2 rings (SSSR count). The van der Waals surface area contributed by atoms with Crippen LogP contribution in [0.5, 0.6) is 0 Å². The van der Waals surface area contributed by atoms with Crippen molar-refractivity contribution in [2.45, 2.75) is 57.9 Å². The Morgan fingerprint density at radius 2 is 1.73 bits per heavy atom. The van der Waals surface area contributed by atoms with Crippen molar-refractivity contribution < 1.29 is 19.5 Å². The van der Waals surface area contributed by atoms with E-state index in [1.54, 1.807) is 0 Å². The van der Waals surface area contributed by atoms with E-state index in [0.29, 0.717) is 25.7 Å². The van der Waals surface area contributed by atoms with Gasteiger partial charge in [-0.25, -0.2) is 0 Å². The highest BCUT2D eigenvalue weighted by atomic mass is 16.4. The number of carboxylic acid groups (broad SMARTS) is 1. The van der Waals surface area contributed by atoms with Crippen molar-refractivity contribution >= 4 is 17.8 Å². The van der Waals surface area contributed by atoms with Crippen LogP contribution in [0.1, 0.15) is 49.7 Å². The molecule has 0 spiro atoms. The first kappa shape index (κ1) is 19.9. The molecular formula is C20H28N2O4. The van der Waals surface area contributed by atoms with Gasteiger partial charge in [0.15, 0.2) is 0 Å². The van der Waals surface area contributed by atoms with Crippen LogP contribution in [-0.2, 0) is 20.8 Å². The summed E-state index contributed by atoms with van der Waals surface area (Å²) in [6, 6.07) is 7.64. The lowest BCUT2D eigenvalue weighted by atomic mass is 9.95. The molecule has 1 saturated carbocycles. The molecule has 1 aliphatic rings. The molecule has 0 heterocycles. The third-order valence-corrected chi connectivity index (χ3v) is 4.89. The van der Waals surface area contributed by atoms with E-state index in [1.165, 1.54) is 5.56 Å². The van der Waals surface area contributed by atoms with Gasteiger partial charge in [0.05, 0.1) is 12.5 Å². The van der Waals surface area contributed by atoms with E-state index in [2.05, 4.69) is 10.6 Å². The minimum atomic E-state index is -0.862. The molecule has 0 saturated heterocycles. The molecule has 1 aliphatic carbocycles. The largest absolute Gasteiger partial charge is 0.481 e. The quantitative estimate of drug-likeness (QED) is 0.650. The summed E-state index contributed by atoms with van der Waals surface area (Å²) in [6.45, 7) is 1.90. The SMILES string of the molecule is Cc1ccc(CCC(=O)NCC(=O)N[C@H]2CCCCC[C@H]2C(=O)O)cc1. The number of aryl methyl sites for hydroxylation is 2. The van der Waals surface area contributed by atoms with Crippen LogP contribution in [0.15, 0.2) is 24.3 Å². The van der Waals surface area contributed by atoms with E-state index in [-0.39, 0.29) is 24.4 Å². The third-order valence-electron chi connectivity index (χ3n) is 4.89. The van der Waals surface area contributed by atoms with Crippen LogP contribution in [0.2, 0.25) is 0 Å². The predicted octanol–water partition coefficient (Wildman–Crippen LogP) is 2.19. The molecular weight excluding hydrogens is 332 g/mol. The number of rotatable bonds is 7. The van der Waals surface area contributed by atoms with E-state index >= 15 is 0 Å². The number of nitrogens with one attached hydrogen (secondary N) is 2. The van der Waals surface area contributed by atoms with E-state index < -0.39 is 11.9 Å². The topological polar surface area (TPSA) is 95.5 Å². The average molecular weight is 360 g/mol. The van der Waals surface area contributed by atoms with Crippen LogP contribution in [0.3, 0.4) is 0 Å². The first-order valence-electron chi connectivity index (χ1n) is 9.30. The molecule has 1 aromatic carbocycles. The van der Waals surface area contributed by atoms with Crippen LogP contribution < -0.4 is 10.6 Å². The summed E-state index contributed by atoms with van der Waals surface area (Å²) in [5.74, 6) is -1.92. The fraction of sp³-hybridized carbons (Fsp3) is 0.550. The van der Waals surface area contributed by atoms with Crippen LogP contribution in [0, 0.1) is 12.8 Å². The lowest BCUT2D eigenvalue weighted by molar-refractivity contribution is -0.143. The fourth-order valence-electron chi connectivity index (χ4n) is 3.31. The highest BCUT2D eigenvalue weighted by molar-refractivity contribution is 5.85. The van der Waals surface area contributed by atoms with E-state index in [9.17, 15) is 19.5 Å². The van der Waals surface area contributed by atoms with Crippen molar-refractivity contribution in [1.82, 2.24) is 10.6 Å². The van der Waals surface area contributed by atoms with Gasteiger partial charge in [-0.1, -0.05) is 49.1 Å². The maximum absolute atomic E-state index is 12.1. The van der Waals surface area contributed by atoms with E-state index in [0.717, 1.165) is 24.8 Å². The third kappa shape index (κ3) is 6.50. The number of carbonyl (C=O) groups excluding carboxylic acids is 2. The van der Waals surface area contributed by atoms with E-state index in [1.807, 2.05) is 31.2 Å². The van der Waals surface area contributed by atoms with Crippen LogP contribution >= 0.6 is 0 Å². The Balaban J connectivity index is 1.73. The van der Waals surface area contributed by atoms with Gasteiger partial charge in [0, 0.05) is 12.5 Å². The first-order chi connectivity index (χ1) is 12.5. The lowest BCUT2D eigenvalue weighted by Gasteiger charge is -2.23. The van der Waals surface area contributed by atoms with Crippen LogP contribution in [-0.4, -0.2) is 35.5 Å². The monoisotopic (exact) mass is 360 g/mol. The molecule has 2 atom stereocenters. The van der Waals surface area contributed by atoms with E-state index in [4.69, 9.17) is 0 Å². The minimum Gasteiger partial charge on any atom is -0.481 e. The second-order valence-corrected chi connectivity index (χ2v) is 7.02. The average Bonchev–Trinajstić information content (AvgIpc) is 2.85. The molecule has 3 N–H and O–H groups in total. The Bertz CT molecular complexity index is 627. The number of amides is 2. The first-order valence-corrected chi connectivity index (χ1v) is 9.30. The number of carbonyl (C=O) groups is 3. The number of hydrogen-bond donors (Lipinski definition) is 3. The molecule has 26 heavy (non-hydrogen) atoms. The van der Waals surface area contributed by atoms with Gasteiger partial charge in [-0.05, 0) is 31.7 Å². The highest BCUT2D eigenvalue weighted by Crippen LogP contribution is 2.23. The van der Waals surface area contributed by atoms with Crippen molar-refractivity contribution in [2.24, 2.45) is 5.92 Å². The molecule has 0 bridgehead atoms. The van der Waals surface area contributed by atoms with Gasteiger partial charge in [0.2, 0.25) is 11.8 Å². The van der Waals surface area contributed by atoms with Gasteiger partial charge in [-0.15, -0.1) is 0 Å². The zero-order valence-electron chi connectivity index (χ0n) is 15.3. The number of aliphatic carboxylic acids is 1. The van der Waals surface area contributed by atoms with Gasteiger partial charge in [-0.2, -0.15) is 0 Å². The molecule has 0 unspecified atom stereocenters. The van der Waals surface area contributed by atoms with Crippen molar-refractivity contribution in [3.63, 3.8) is 0 Å². The zero-order valence-corrected chi connectivity index (χ0v) is 15.3. The van der Waals surface area contributed by atoms with Gasteiger partial charge in [-0.3, -0.25) is 14.4 Å². The maximum atomic E-state index is 12.1.